The van der Waals surface area contributed by atoms with Crippen LogP contribution in [-0.2, 0) is 40.9 Å². The number of hydrogen-bond donors (Lipinski definition) is 2. The first-order chi connectivity index (χ1) is 9.57. The summed E-state index contributed by atoms with van der Waals surface area (Å²) in [5, 5.41) is 43.1. The van der Waals surface area contributed by atoms with Crippen molar-refractivity contribution in [3.63, 3.8) is 0 Å². The van der Waals surface area contributed by atoms with E-state index in [1.165, 1.54) is 0 Å². The van der Waals surface area contributed by atoms with E-state index in [2.05, 4.69) is 0 Å². The molecule has 0 spiro atoms. The summed E-state index contributed by atoms with van der Waals surface area (Å²) in [7, 11) is 0. The minimum Gasteiger partial charge on any atom is -0.550 e. The van der Waals surface area contributed by atoms with Gasteiger partial charge in [0.15, 0.2) is 5.78 Å². The molecule has 2 N–H and O–H groups in total. The smallest absolute Gasteiger partial charge is 0.550 e. The molecule has 0 heterocycles. The van der Waals surface area contributed by atoms with Crippen molar-refractivity contribution in [3.05, 3.63) is 0 Å². The Labute approximate surface area is 151 Å². The molecule has 0 amide bonds. The number of carbonyl (C=O) groups excluding carboxylic acids is 4. The first kappa shape index (κ1) is 37.7. The number of ketones is 1. The second-order valence-electron chi connectivity index (χ2n) is 4.01. The molecular weight excluding hydrogens is 348 g/mol. The molecule has 0 aliphatic heterocycles. The van der Waals surface area contributed by atoms with Crippen LogP contribution in [0.5, 0.6) is 0 Å². The molecule has 1 radical (unpaired) electrons. The van der Waals surface area contributed by atoms with Gasteiger partial charge >= 0.3 is 21.7 Å². The number of carboxylic acid groups (broad SMARTS) is 3. The summed E-state index contributed by atoms with van der Waals surface area (Å²) in [5.41, 5.74) is 0. The van der Waals surface area contributed by atoms with E-state index in [1.807, 2.05) is 0 Å². The Morgan fingerprint density at radius 3 is 0.739 bits per heavy atom. The van der Waals surface area contributed by atoms with E-state index >= 15 is 0 Å². The van der Waals surface area contributed by atoms with Gasteiger partial charge in [0, 0.05) is 31.1 Å². The maximum Gasteiger partial charge on any atom is 3.00 e. The average molecular weight is 373 g/mol. The monoisotopic (exact) mass is 373 g/mol. The van der Waals surface area contributed by atoms with E-state index in [1.54, 1.807) is 27.7 Å². The van der Waals surface area contributed by atoms with Crippen molar-refractivity contribution in [2.45, 2.75) is 60.7 Å². The van der Waals surface area contributed by atoms with Crippen LogP contribution in [-0.4, -0.2) is 46.1 Å². The van der Waals surface area contributed by atoms with Crippen molar-refractivity contribution in [1.29, 1.82) is 0 Å². The van der Waals surface area contributed by atoms with Gasteiger partial charge in [-0.05, 0) is 41.5 Å². The predicted octanol–water partition coefficient (Wildman–Crippen LogP) is -3.39. The summed E-state index contributed by atoms with van der Waals surface area (Å²) in [6.45, 7) is 9.77. The van der Waals surface area contributed by atoms with Crippen LogP contribution < -0.4 is 15.3 Å². The Kier molecular flexibility index (Phi) is 47.3. The fourth-order valence-corrected chi connectivity index (χ4v) is 0. The molecule has 0 aliphatic rings. The number of aliphatic hydroxyl groups excluding tert-OH is 2. The first-order valence-electron chi connectivity index (χ1n) is 6.00. The summed E-state index contributed by atoms with van der Waals surface area (Å²) < 4.78 is 0. The van der Waals surface area contributed by atoms with Crippen LogP contribution >= 0.6 is 0 Å². The van der Waals surface area contributed by atoms with Gasteiger partial charge in [0.1, 0.15) is 5.97 Å². The SMILES string of the molecule is CC(=O)C(=O)[O-].CC(=O)[O-].CC(=O)[O-].CC(C)O.CC(C)O.[Ti+3]. The van der Waals surface area contributed by atoms with Gasteiger partial charge in [0.2, 0.25) is 0 Å². The molecule has 9 nitrogen and oxygen atoms in total. The summed E-state index contributed by atoms with van der Waals surface area (Å²) in [6.07, 6.45) is -0.333. The van der Waals surface area contributed by atoms with E-state index in [0.29, 0.717) is 0 Å². The Bertz CT molecular complexity index is 258. The molecule has 0 aliphatic carbocycles. The fraction of sp³-hybridized carbons (Fsp3) is 0.692. The molecule has 0 saturated carbocycles. The third-order valence-corrected chi connectivity index (χ3v) is 0.287. The van der Waals surface area contributed by atoms with E-state index in [-0.39, 0.29) is 33.9 Å². The van der Waals surface area contributed by atoms with Crippen LogP contribution in [0.4, 0.5) is 0 Å². The van der Waals surface area contributed by atoms with E-state index in [9.17, 15) is 14.7 Å². The second kappa shape index (κ2) is 28.8. The Balaban J connectivity index is -0.0000000393. The molecule has 0 atom stereocenters. The predicted molar refractivity (Wildman–Crippen MR) is 71.8 cm³/mol. The van der Waals surface area contributed by atoms with Crippen LogP contribution in [0.25, 0.3) is 0 Å². The third kappa shape index (κ3) is 985. The number of carboxylic acids is 3. The quantitative estimate of drug-likeness (QED) is 0.350. The molecule has 0 unspecified atom stereocenters. The van der Waals surface area contributed by atoms with Gasteiger partial charge in [0.05, 0.1) is 0 Å². The van der Waals surface area contributed by atoms with Crippen LogP contribution in [0.3, 0.4) is 0 Å². The summed E-state index contributed by atoms with van der Waals surface area (Å²) >= 11 is 0. The van der Waals surface area contributed by atoms with Gasteiger partial charge in [-0.2, -0.15) is 0 Å². The molecule has 0 bridgehead atoms. The maximum absolute atomic E-state index is 9.48. The van der Waals surface area contributed by atoms with E-state index in [4.69, 9.17) is 30.0 Å². The standard InChI is InChI=1S/C3H4O3.2C3H8O.2C2H4O2.Ti/c1-2(4)3(5)6;2*1-3(2)4;2*1-2(3)4;/h1H3,(H,5,6);2*3-4H,1-2H3;2*1H3,(H,3,4);/q;;;;;+3/p-3. The normalized spacial score (nSPS) is 7.26. The number of aliphatic carboxylic acids is 3. The molecule has 23 heavy (non-hydrogen) atoms. The molecule has 135 valence electrons. The fourth-order valence-electron chi connectivity index (χ4n) is 0. The van der Waals surface area contributed by atoms with Crippen LogP contribution in [0.15, 0.2) is 0 Å². The molecular formula is C13H25O9Ti. The van der Waals surface area contributed by atoms with Crippen molar-refractivity contribution in [2.24, 2.45) is 0 Å². The largest absolute Gasteiger partial charge is 3.00 e. The Hall–Kier alpha value is -1.29. The Morgan fingerprint density at radius 2 is 0.739 bits per heavy atom. The van der Waals surface area contributed by atoms with Gasteiger partial charge in [-0.1, -0.05) is 0 Å². The Morgan fingerprint density at radius 1 is 0.696 bits per heavy atom. The maximum atomic E-state index is 9.48. The average Bonchev–Trinajstić information content (AvgIpc) is 2.12. The summed E-state index contributed by atoms with van der Waals surface area (Å²) in [6, 6.07) is 0. The van der Waals surface area contributed by atoms with Crippen molar-refractivity contribution >= 4 is 23.7 Å². The topological polar surface area (TPSA) is 178 Å². The molecule has 0 rings (SSSR count). The van der Waals surface area contributed by atoms with Gasteiger partial charge < -0.3 is 39.9 Å². The van der Waals surface area contributed by atoms with Gasteiger partial charge in [-0.3, -0.25) is 4.79 Å². The van der Waals surface area contributed by atoms with Crippen LogP contribution in [0.1, 0.15) is 48.5 Å². The van der Waals surface area contributed by atoms with E-state index < -0.39 is 23.7 Å². The molecule has 0 aromatic carbocycles. The number of carbonyl (C=O) groups is 4. The molecule has 10 heteroatoms. The molecule has 0 saturated heterocycles. The van der Waals surface area contributed by atoms with Crippen LogP contribution in [0.2, 0.25) is 0 Å². The number of rotatable bonds is 1. The van der Waals surface area contributed by atoms with Crippen molar-refractivity contribution in [3.8, 4) is 0 Å². The molecule has 0 fully saturated rings. The van der Waals surface area contributed by atoms with Gasteiger partial charge in [0.25, 0.3) is 0 Å². The third-order valence-electron chi connectivity index (χ3n) is 0.287. The second-order valence-corrected chi connectivity index (χ2v) is 4.01. The number of Topliss-reactive ketones (excluding diaryl/α,β-unsaturated/α-hetero) is 1. The molecule has 0 aromatic heterocycles. The van der Waals surface area contributed by atoms with Crippen molar-refractivity contribution in [1.82, 2.24) is 0 Å². The zero-order chi connectivity index (χ0) is 19.5. The zero-order valence-corrected chi connectivity index (χ0v) is 16.0. The number of aliphatic hydroxyl groups is 2. The molecule has 0 aromatic rings. The van der Waals surface area contributed by atoms with Crippen LogP contribution in [0, 0.1) is 0 Å². The zero-order valence-electron chi connectivity index (χ0n) is 14.4. The summed E-state index contributed by atoms with van der Waals surface area (Å²) in [5.74, 6) is -4.73. The minimum absolute atomic E-state index is 0. The minimum atomic E-state index is -1.63. The number of hydrogen-bond acceptors (Lipinski definition) is 9. The summed E-state index contributed by atoms with van der Waals surface area (Å²) in [4.78, 5) is 36.5. The van der Waals surface area contributed by atoms with Crippen molar-refractivity contribution in [2.75, 3.05) is 0 Å². The van der Waals surface area contributed by atoms with Crippen molar-refractivity contribution < 1.29 is 66.4 Å². The first-order valence-corrected chi connectivity index (χ1v) is 6.00. The van der Waals surface area contributed by atoms with E-state index in [0.717, 1.165) is 20.8 Å². The van der Waals surface area contributed by atoms with Gasteiger partial charge in [-0.25, -0.2) is 0 Å². The van der Waals surface area contributed by atoms with Gasteiger partial charge in [-0.15, -0.1) is 0 Å².